The normalized spacial score (nSPS) is 10.7. The number of benzene rings is 7. The molecule has 1 amide bonds. The van der Waals surface area contributed by atoms with Gasteiger partial charge in [0.1, 0.15) is 23.6 Å². The number of furan rings is 1. The second kappa shape index (κ2) is 68.7. The summed E-state index contributed by atoms with van der Waals surface area (Å²) in [5.41, 5.74) is 22.2. The highest BCUT2D eigenvalue weighted by atomic mass is 35.5. The predicted octanol–water partition coefficient (Wildman–Crippen LogP) is 36.2. The van der Waals surface area contributed by atoms with Crippen LogP contribution in [0.1, 0.15) is 338 Å². The van der Waals surface area contributed by atoms with Gasteiger partial charge in [-0.3, -0.25) is 19.7 Å². The molecule has 0 saturated heterocycles. The van der Waals surface area contributed by atoms with E-state index >= 15 is 0 Å². The Balaban J connectivity index is -0.000000693. The summed E-state index contributed by atoms with van der Waals surface area (Å²) in [5, 5.41) is 0. The van der Waals surface area contributed by atoms with E-state index in [-0.39, 0.29) is 38.8 Å². The highest BCUT2D eigenvalue weighted by Gasteiger charge is 2.20. The van der Waals surface area contributed by atoms with Crippen molar-refractivity contribution in [3.05, 3.63) is 411 Å². The predicted molar refractivity (Wildman–Crippen MR) is 607 cm³/mol. The van der Waals surface area contributed by atoms with Gasteiger partial charge in [-0.25, -0.2) is 9.97 Å². The number of Topliss-reactive ketones (excluding diaryl/α,β-unsaturated/α-hetero) is 1. The number of alkyl halides is 2. The number of hydrogen-bond acceptors (Lipinski definition) is 9. The number of rotatable bonds is 1. The van der Waals surface area contributed by atoms with Gasteiger partial charge in [-0.05, 0) is 200 Å². The van der Waals surface area contributed by atoms with Crippen LogP contribution in [-0.4, -0.2) is 49.4 Å². The molecule has 0 spiro atoms. The number of thiophene rings is 1. The number of nitrogens with two attached hydrogens (primary N) is 1. The molecule has 9 nitrogen and oxygen atoms in total. The summed E-state index contributed by atoms with van der Waals surface area (Å²) in [7, 11) is 0. The fraction of sp³-hybridized carbons (Fsp3) is 0.432. The molecule has 137 heavy (non-hydrogen) atoms. The van der Waals surface area contributed by atoms with Crippen LogP contribution in [0.25, 0.3) is 0 Å². The van der Waals surface area contributed by atoms with E-state index < -0.39 is 0 Å². The van der Waals surface area contributed by atoms with Crippen molar-refractivity contribution in [2.75, 3.05) is 12.8 Å². The van der Waals surface area contributed by atoms with Crippen molar-refractivity contribution in [3.8, 4) is 0 Å². The largest absolute Gasteiger partial charge is 0.466 e. The molecule has 0 unspecified atom stereocenters. The maximum Gasteiger partial charge on any atom is 0.214 e. The van der Waals surface area contributed by atoms with Gasteiger partial charge in [0.15, 0.2) is 0 Å². The first-order chi connectivity index (χ1) is 63.2. The number of hydrogen-bond donors (Lipinski definition) is 1. The molecule has 0 atom stereocenters. The standard InChI is InChI=1S/5C10H14.3C9H13N.C9H14O.C9H14S.C8H12N2.2C7H8.C4H8O.C2H5NO.2CH3Cl/c5*1-10(2,3)9-7-5-4-6-8-9;3*1-9(2,3)8-4-6-10-7-5-8;2*1-7-5-6-8(10-7)9(2,3)4;1-8(2,3)7-4-9-6-10-5-7;2*1-7-5-3-2-4-6-7;1-3-4(2)5;1-2(3)4;2*1-2/h5*4-8H,1-3H3;3*4-7H,1-3H3;2*5-6H,1-4H3;4-6H,1-3H3;2*2-6H,1H3;3H2,1-2H3;1H3,(H2,3,4);2*1H3. The van der Waals surface area contributed by atoms with Gasteiger partial charge >= 0.3 is 0 Å². The van der Waals surface area contributed by atoms with E-state index in [1.165, 1.54) is 90.6 Å². The van der Waals surface area contributed by atoms with Crippen LogP contribution in [-0.2, 0) is 69.2 Å². The number of amides is 1. The SMILES string of the molecule is CC(C)(C)c1ccccc1.CC(C)(C)c1ccccc1.CC(C)(C)c1ccccc1.CC(C)(C)c1ccccc1.CC(C)(C)c1ccccc1.CC(C)(C)c1ccncc1.CC(C)(C)c1ccncc1.CC(C)(C)c1ccncc1.CC(C)(C)c1cncnc1.CC(N)=O.CCC(C)=O.CCl.CCl.Cc1ccc(C(C)(C)C)o1.Cc1ccc(C(C)(C)C)s1.Cc1ccccc1.Cc1ccccc1. The summed E-state index contributed by atoms with van der Waals surface area (Å²) in [5.74, 6) is 1.97. The molecular formula is C125H184Cl2N6O3S. The number of pyridine rings is 3. The number of halogens is 2. The third-order valence-electron chi connectivity index (χ3n) is 19.6. The molecule has 0 radical (unpaired) electrons. The van der Waals surface area contributed by atoms with E-state index in [0.717, 1.165) is 11.5 Å². The number of aryl methyl sites for hydroxylation is 4. The summed E-state index contributed by atoms with van der Waals surface area (Å²) in [6.45, 7) is 85.8. The quantitative estimate of drug-likeness (QED) is 0.160. The molecule has 0 fully saturated rings. The third-order valence-corrected chi connectivity index (χ3v) is 21.0. The number of nitrogens with zero attached hydrogens (tertiary/aromatic N) is 5. The summed E-state index contributed by atoms with van der Waals surface area (Å²) < 4.78 is 5.45. The van der Waals surface area contributed by atoms with Crippen LogP contribution in [0.4, 0.5) is 0 Å². The minimum Gasteiger partial charge on any atom is -0.466 e. The zero-order valence-corrected chi connectivity index (χ0v) is 95.4. The minimum absolute atomic E-state index is 0.147. The second-order valence-corrected chi connectivity index (χ2v) is 45.5. The van der Waals surface area contributed by atoms with Crippen molar-refractivity contribution in [2.45, 2.75) is 343 Å². The van der Waals surface area contributed by atoms with E-state index in [1.807, 2.05) is 123 Å². The maximum absolute atomic E-state index is 9.81. The zero-order chi connectivity index (χ0) is 106. The van der Waals surface area contributed by atoms with Gasteiger partial charge in [0.25, 0.3) is 0 Å². The number of primary amides is 1. The molecule has 13 aromatic rings. The fourth-order valence-corrected chi connectivity index (χ4v) is 11.6. The fourth-order valence-electron chi connectivity index (χ4n) is 10.7. The molecule has 0 aliphatic heterocycles. The topological polar surface area (TPSA) is 138 Å². The van der Waals surface area contributed by atoms with Crippen LogP contribution < -0.4 is 5.73 Å². The van der Waals surface area contributed by atoms with Gasteiger partial charge in [-0.2, -0.15) is 0 Å². The molecule has 13 rings (SSSR count). The third kappa shape index (κ3) is 71.8. The summed E-state index contributed by atoms with van der Waals surface area (Å²) >= 11 is 11.2. The lowest BCUT2D eigenvalue weighted by molar-refractivity contribution is -0.117. The maximum atomic E-state index is 9.81. The molecule has 0 saturated carbocycles. The first-order valence-corrected chi connectivity index (χ1v) is 50.0. The van der Waals surface area contributed by atoms with Gasteiger partial charge < -0.3 is 14.9 Å². The molecule has 2 N–H and O–H groups in total. The van der Waals surface area contributed by atoms with Crippen LogP contribution in [0, 0.1) is 27.7 Å². The van der Waals surface area contributed by atoms with E-state index in [1.54, 1.807) is 13.3 Å². The summed E-state index contributed by atoms with van der Waals surface area (Å²) in [6, 6.07) is 94.1. The average Bonchev–Trinajstić information content (AvgIpc) is 1.70. The lowest BCUT2D eigenvalue weighted by Crippen LogP contribution is -2.11. The van der Waals surface area contributed by atoms with Crippen LogP contribution in [0.2, 0.25) is 0 Å². The Morgan fingerprint density at radius 1 is 0.270 bits per heavy atom. The van der Waals surface area contributed by atoms with Gasteiger partial charge in [-0.15, -0.1) is 34.5 Å². The lowest BCUT2D eigenvalue weighted by atomic mass is 9.87. The van der Waals surface area contributed by atoms with Gasteiger partial charge in [0, 0.05) is 90.9 Å². The van der Waals surface area contributed by atoms with Crippen molar-refractivity contribution in [3.63, 3.8) is 0 Å². The molecule has 12 heteroatoms. The van der Waals surface area contributed by atoms with Crippen LogP contribution >= 0.6 is 34.5 Å². The van der Waals surface area contributed by atoms with Gasteiger partial charge in [0.05, 0.1) is 0 Å². The van der Waals surface area contributed by atoms with E-state index in [2.05, 4.69) is 528 Å². The van der Waals surface area contributed by atoms with Crippen molar-refractivity contribution in [2.24, 2.45) is 5.73 Å². The Labute approximate surface area is 851 Å². The van der Waals surface area contributed by atoms with Crippen molar-refractivity contribution < 1.29 is 14.0 Å². The van der Waals surface area contributed by atoms with Crippen LogP contribution in [0.5, 0.6) is 0 Å². The molecule has 7 aromatic carbocycles. The number of carbonyl (C=O) groups is 2. The Bertz CT molecular complexity index is 4220. The Morgan fingerprint density at radius 2 is 0.467 bits per heavy atom. The molecule has 6 heterocycles. The highest BCUT2D eigenvalue weighted by molar-refractivity contribution is 7.12. The monoisotopic (exact) mass is 1920 g/mol. The highest BCUT2D eigenvalue weighted by Crippen LogP contribution is 2.31. The molecule has 0 aliphatic rings. The number of aromatic nitrogens is 5. The molecule has 752 valence electrons. The zero-order valence-electron chi connectivity index (χ0n) is 93.1. The smallest absolute Gasteiger partial charge is 0.214 e. The summed E-state index contributed by atoms with van der Waals surface area (Å²) in [4.78, 5) is 41.7. The second-order valence-electron chi connectivity index (χ2n) is 44.2. The first kappa shape index (κ1) is 133. The number of ketones is 1. The minimum atomic E-state index is -0.333. The van der Waals surface area contributed by atoms with Crippen molar-refractivity contribution >= 4 is 46.2 Å². The molecule has 0 bridgehead atoms. The first-order valence-electron chi connectivity index (χ1n) is 47.7. The average molecular weight is 1920 g/mol. The molecule has 6 aromatic heterocycles. The van der Waals surface area contributed by atoms with E-state index in [4.69, 9.17) is 4.42 Å². The van der Waals surface area contributed by atoms with Crippen LogP contribution in [0.3, 0.4) is 0 Å². The Morgan fingerprint density at radius 3 is 0.569 bits per heavy atom. The summed E-state index contributed by atoms with van der Waals surface area (Å²) in [6.07, 6.45) is 19.9. The Kier molecular flexibility index (Phi) is 66.8. The molecule has 0 aliphatic carbocycles. The van der Waals surface area contributed by atoms with Crippen molar-refractivity contribution in [1.82, 2.24) is 24.9 Å². The van der Waals surface area contributed by atoms with E-state index in [9.17, 15) is 9.59 Å². The van der Waals surface area contributed by atoms with Crippen LogP contribution in [0.15, 0.2) is 333 Å². The molecular weight excluding hydrogens is 1740 g/mol. The van der Waals surface area contributed by atoms with Gasteiger partial charge in [0.2, 0.25) is 5.91 Å². The van der Waals surface area contributed by atoms with E-state index in [0.29, 0.717) is 38.9 Å². The van der Waals surface area contributed by atoms with Crippen molar-refractivity contribution in [1.29, 1.82) is 0 Å². The number of carbonyl (C=O) groups excluding carboxylic acids is 2. The Hall–Kier alpha value is -10.2. The van der Waals surface area contributed by atoms with Gasteiger partial charge in [-0.1, -0.05) is 459 Å². The lowest BCUT2D eigenvalue weighted by Gasteiger charge is -2.18.